The molecule has 3 rings (SSSR count). The van der Waals surface area contributed by atoms with E-state index in [0.717, 1.165) is 61.4 Å². The van der Waals surface area contributed by atoms with E-state index in [0.29, 0.717) is 6.79 Å². The predicted molar refractivity (Wildman–Crippen MR) is 121 cm³/mol. The molecule has 0 atom stereocenters. The fourth-order valence-electron chi connectivity index (χ4n) is 2.60. The molecule has 0 fully saturated rings. The molecule has 0 amide bonds. The van der Waals surface area contributed by atoms with Crippen LogP contribution in [0.3, 0.4) is 0 Å². The van der Waals surface area contributed by atoms with E-state index in [4.69, 9.17) is 13.9 Å². The summed E-state index contributed by atoms with van der Waals surface area (Å²) in [5, 5.41) is 6.77. The summed E-state index contributed by atoms with van der Waals surface area (Å²) in [5.41, 5.74) is 1.21. The number of aliphatic imine (C=N–C) groups is 1. The third-order valence-electron chi connectivity index (χ3n) is 3.95. The van der Waals surface area contributed by atoms with Crippen molar-refractivity contribution >= 4 is 41.7 Å². The Balaban J connectivity index is 0.00000261. The lowest BCUT2D eigenvalue weighted by Gasteiger charge is -2.12. The fourth-order valence-corrected chi connectivity index (χ4v) is 2.88. The largest absolute Gasteiger partial charge is 0.469 e. The first-order chi connectivity index (χ1) is 12.8. The van der Waals surface area contributed by atoms with Gasteiger partial charge < -0.3 is 24.5 Å². The zero-order chi connectivity index (χ0) is 18.0. The highest BCUT2D eigenvalue weighted by molar-refractivity contribution is 14.0. The number of furan rings is 1. The topological polar surface area (TPSA) is 68.0 Å². The zero-order valence-electron chi connectivity index (χ0n) is 15.4. The molecule has 27 heavy (non-hydrogen) atoms. The summed E-state index contributed by atoms with van der Waals surface area (Å²) in [4.78, 5) is 4.62. The van der Waals surface area contributed by atoms with Crippen LogP contribution in [0.2, 0.25) is 0 Å². The minimum Gasteiger partial charge on any atom is -0.469 e. The Morgan fingerprint density at radius 1 is 1.11 bits per heavy atom. The van der Waals surface area contributed by atoms with E-state index in [2.05, 4.69) is 27.9 Å². The number of nitrogens with one attached hydrogen (secondary N) is 2. The summed E-state index contributed by atoms with van der Waals surface area (Å²) in [6, 6.07) is 9.97. The van der Waals surface area contributed by atoms with E-state index < -0.39 is 0 Å². The van der Waals surface area contributed by atoms with Crippen molar-refractivity contribution in [3.63, 3.8) is 0 Å². The van der Waals surface area contributed by atoms with Crippen LogP contribution in [0.15, 0.2) is 46.0 Å². The molecule has 2 aromatic rings. The van der Waals surface area contributed by atoms with Crippen molar-refractivity contribution in [3.05, 3.63) is 47.9 Å². The van der Waals surface area contributed by atoms with Gasteiger partial charge >= 0.3 is 0 Å². The van der Waals surface area contributed by atoms with Crippen molar-refractivity contribution in [2.75, 3.05) is 38.4 Å². The second kappa shape index (κ2) is 12.0. The normalized spacial score (nSPS) is 12.6. The van der Waals surface area contributed by atoms with Gasteiger partial charge in [0.25, 0.3) is 0 Å². The van der Waals surface area contributed by atoms with Crippen molar-refractivity contribution in [3.8, 4) is 11.5 Å². The van der Waals surface area contributed by atoms with Crippen LogP contribution in [0, 0.1) is 0 Å². The number of benzene rings is 1. The van der Waals surface area contributed by atoms with E-state index in [9.17, 15) is 0 Å². The first-order valence-electron chi connectivity index (χ1n) is 8.77. The van der Waals surface area contributed by atoms with Crippen molar-refractivity contribution in [2.45, 2.75) is 12.8 Å². The van der Waals surface area contributed by atoms with Gasteiger partial charge in [0.2, 0.25) is 6.79 Å². The lowest BCUT2D eigenvalue weighted by Crippen LogP contribution is -2.39. The van der Waals surface area contributed by atoms with Gasteiger partial charge in [-0.15, -0.1) is 24.0 Å². The maximum Gasteiger partial charge on any atom is 0.231 e. The molecule has 2 N–H and O–H groups in total. The first kappa shape index (κ1) is 21.7. The van der Waals surface area contributed by atoms with Gasteiger partial charge in [-0.1, -0.05) is 6.07 Å². The number of guanidine groups is 1. The third-order valence-corrected chi connectivity index (χ3v) is 4.54. The van der Waals surface area contributed by atoms with Gasteiger partial charge in [0, 0.05) is 25.3 Å². The van der Waals surface area contributed by atoms with Crippen LogP contribution < -0.4 is 20.1 Å². The van der Waals surface area contributed by atoms with Crippen molar-refractivity contribution < 1.29 is 13.9 Å². The highest BCUT2D eigenvalue weighted by Crippen LogP contribution is 2.32. The predicted octanol–water partition coefficient (Wildman–Crippen LogP) is 3.31. The number of hydrogen-bond donors (Lipinski definition) is 2. The van der Waals surface area contributed by atoms with Crippen LogP contribution in [0.1, 0.15) is 11.3 Å². The Hall–Kier alpha value is -1.55. The highest BCUT2D eigenvalue weighted by atomic mass is 127. The van der Waals surface area contributed by atoms with Crippen LogP contribution in [-0.4, -0.2) is 44.4 Å². The minimum atomic E-state index is 0. The van der Waals surface area contributed by atoms with E-state index in [1.54, 1.807) is 18.0 Å². The minimum absolute atomic E-state index is 0. The van der Waals surface area contributed by atoms with Crippen molar-refractivity contribution in [1.29, 1.82) is 0 Å². The van der Waals surface area contributed by atoms with Gasteiger partial charge in [-0.25, -0.2) is 0 Å². The maximum atomic E-state index is 5.43. The summed E-state index contributed by atoms with van der Waals surface area (Å²) < 4.78 is 16.1. The van der Waals surface area contributed by atoms with Crippen molar-refractivity contribution in [1.82, 2.24) is 10.6 Å². The molecular formula is C19H26IN3O3S. The second-order valence-electron chi connectivity index (χ2n) is 5.84. The fraction of sp³-hybridized carbons (Fsp3) is 0.421. The van der Waals surface area contributed by atoms with Gasteiger partial charge in [0.1, 0.15) is 5.76 Å². The molecule has 0 unspecified atom stereocenters. The van der Waals surface area contributed by atoms with Crippen LogP contribution in [-0.2, 0) is 12.8 Å². The van der Waals surface area contributed by atoms with Crippen LogP contribution in [0.4, 0.5) is 0 Å². The lowest BCUT2D eigenvalue weighted by molar-refractivity contribution is 0.174. The first-order valence-corrected chi connectivity index (χ1v) is 10.2. The quantitative estimate of drug-likeness (QED) is 0.237. The van der Waals surface area contributed by atoms with Crippen LogP contribution in [0.5, 0.6) is 11.5 Å². The van der Waals surface area contributed by atoms with E-state index in [-0.39, 0.29) is 24.0 Å². The Bertz CT molecular complexity index is 710. The summed E-state index contributed by atoms with van der Waals surface area (Å²) in [6.45, 7) is 2.68. The number of rotatable bonds is 9. The summed E-state index contributed by atoms with van der Waals surface area (Å²) in [7, 11) is 0. The second-order valence-corrected chi connectivity index (χ2v) is 6.83. The molecule has 0 saturated heterocycles. The van der Waals surface area contributed by atoms with Gasteiger partial charge in [-0.2, -0.15) is 11.8 Å². The molecule has 0 saturated carbocycles. The molecular weight excluding hydrogens is 477 g/mol. The Labute approximate surface area is 181 Å². The SMILES string of the molecule is CSCCN=C(NCCc1ccc2c(c1)OCO2)NCCc1ccco1.I. The summed E-state index contributed by atoms with van der Waals surface area (Å²) in [6.07, 6.45) is 5.51. The zero-order valence-corrected chi connectivity index (χ0v) is 18.5. The Morgan fingerprint density at radius 2 is 1.93 bits per heavy atom. The van der Waals surface area contributed by atoms with Crippen LogP contribution in [0.25, 0.3) is 0 Å². The number of hydrogen-bond acceptors (Lipinski definition) is 5. The maximum absolute atomic E-state index is 5.43. The van der Waals surface area contributed by atoms with E-state index in [1.807, 2.05) is 24.3 Å². The molecule has 2 heterocycles. The molecule has 8 heteroatoms. The van der Waals surface area contributed by atoms with Crippen LogP contribution >= 0.6 is 35.7 Å². The molecule has 0 spiro atoms. The number of nitrogens with zero attached hydrogens (tertiary/aromatic N) is 1. The molecule has 0 bridgehead atoms. The number of fused-ring (bicyclic) bond motifs is 1. The molecule has 1 aliphatic rings. The average Bonchev–Trinajstić information content (AvgIpc) is 3.32. The lowest BCUT2D eigenvalue weighted by atomic mass is 10.1. The van der Waals surface area contributed by atoms with Gasteiger partial charge in [0.15, 0.2) is 17.5 Å². The van der Waals surface area contributed by atoms with E-state index >= 15 is 0 Å². The standard InChI is InChI=1S/C19H25N3O3S.HI/c1-26-12-10-22-19(21-9-7-16-3-2-11-23-16)20-8-6-15-4-5-17-18(13-15)25-14-24-17;/h2-5,11,13H,6-10,12,14H2,1H3,(H2,20,21,22);1H. The van der Waals surface area contributed by atoms with Crippen molar-refractivity contribution in [2.24, 2.45) is 4.99 Å². The molecule has 148 valence electrons. The van der Waals surface area contributed by atoms with E-state index in [1.165, 1.54) is 5.56 Å². The third kappa shape index (κ3) is 7.17. The molecule has 6 nitrogen and oxygen atoms in total. The summed E-state index contributed by atoms with van der Waals surface area (Å²) >= 11 is 1.79. The Kier molecular flexibility index (Phi) is 9.68. The number of ether oxygens (including phenoxy) is 2. The number of thioether (sulfide) groups is 1. The van der Waals surface area contributed by atoms with Gasteiger partial charge in [0.05, 0.1) is 12.8 Å². The molecule has 1 aliphatic heterocycles. The average molecular weight is 503 g/mol. The summed E-state index contributed by atoms with van der Waals surface area (Å²) in [5.74, 6) is 4.47. The van der Waals surface area contributed by atoms with Gasteiger partial charge in [-0.3, -0.25) is 4.99 Å². The molecule has 0 radical (unpaired) electrons. The molecule has 0 aliphatic carbocycles. The van der Waals surface area contributed by atoms with Gasteiger partial charge in [-0.05, 0) is 42.5 Å². The number of halogens is 1. The Morgan fingerprint density at radius 3 is 2.70 bits per heavy atom. The highest BCUT2D eigenvalue weighted by Gasteiger charge is 2.12. The monoisotopic (exact) mass is 503 g/mol. The molecule has 1 aromatic carbocycles. The molecule has 1 aromatic heterocycles. The smallest absolute Gasteiger partial charge is 0.231 e.